The van der Waals surface area contributed by atoms with Gasteiger partial charge in [-0.2, -0.15) is 5.26 Å². The van der Waals surface area contributed by atoms with Gasteiger partial charge in [0.15, 0.2) is 0 Å². The molecule has 2 heteroatoms. The van der Waals surface area contributed by atoms with Crippen LogP contribution in [0.1, 0.15) is 32.1 Å². The zero-order valence-electron chi connectivity index (χ0n) is 7.66. The maximum atomic E-state index is 8.35. The molecule has 0 aromatic rings. The van der Waals surface area contributed by atoms with Crippen LogP contribution in [-0.2, 0) is 0 Å². The quantitative estimate of drug-likeness (QED) is 0.585. The van der Waals surface area contributed by atoms with Crippen molar-refractivity contribution in [1.29, 1.82) is 5.26 Å². The Kier molecular flexibility index (Phi) is 3.66. The summed E-state index contributed by atoms with van der Waals surface area (Å²) in [7, 11) is 2.06. The minimum atomic E-state index is 0.670. The van der Waals surface area contributed by atoms with Crippen molar-refractivity contribution in [3.8, 4) is 6.07 Å². The Morgan fingerprint density at radius 1 is 1.33 bits per heavy atom. The lowest BCUT2D eigenvalue weighted by Gasteiger charge is -2.29. The van der Waals surface area contributed by atoms with Crippen LogP contribution >= 0.6 is 0 Å². The van der Waals surface area contributed by atoms with Crippen LogP contribution in [-0.4, -0.2) is 18.0 Å². The van der Waals surface area contributed by atoms with Crippen molar-refractivity contribution in [2.24, 2.45) is 0 Å². The standard InChI is InChI=1S/C10H16N2/c1-12(9-5-8-11)10-6-3-2-4-7-10/h5,9-10H,2-4,6-7H2,1H3/b9-5-. The number of rotatable bonds is 2. The number of nitriles is 1. The van der Waals surface area contributed by atoms with E-state index in [9.17, 15) is 0 Å². The monoisotopic (exact) mass is 164 g/mol. The second kappa shape index (κ2) is 4.82. The van der Waals surface area contributed by atoms with Crippen LogP contribution in [0.3, 0.4) is 0 Å². The zero-order chi connectivity index (χ0) is 8.81. The van der Waals surface area contributed by atoms with Crippen molar-refractivity contribution < 1.29 is 0 Å². The van der Waals surface area contributed by atoms with Gasteiger partial charge in [-0.15, -0.1) is 0 Å². The van der Waals surface area contributed by atoms with E-state index >= 15 is 0 Å². The summed E-state index contributed by atoms with van der Waals surface area (Å²) in [6, 6.07) is 2.69. The first-order valence-corrected chi connectivity index (χ1v) is 4.63. The second-order valence-corrected chi connectivity index (χ2v) is 3.40. The Hall–Kier alpha value is -0.970. The summed E-state index contributed by atoms with van der Waals surface area (Å²) < 4.78 is 0. The fraction of sp³-hybridized carbons (Fsp3) is 0.700. The van der Waals surface area contributed by atoms with E-state index in [4.69, 9.17) is 5.26 Å². The Bertz CT molecular complexity index is 185. The molecular formula is C10H16N2. The van der Waals surface area contributed by atoms with Crippen LogP contribution < -0.4 is 0 Å². The fourth-order valence-electron chi connectivity index (χ4n) is 1.76. The lowest BCUT2D eigenvalue weighted by molar-refractivity contribution is 0.254. The Balaban J connectivity index is 2.35. The third-order valence-electron chi connectivity index (χ3n) is 2.53. The van der Waals surface area contributed by atoms with Crippen LogP contribution in [0.15, 0.2) is 12.3 Å². The molecule has 0 spiro atoms. The van der Waals surface area contributed by atoms with Gasteiger partial charge in [-0.3, -0.25) is 0 Å². The van der Waals surface area contributed by atoms with Gasteiger partial charge in [-0.25, -0.2) is 0 Å². The molecule has 0 aromatic heterocycles. The summed E-state index contributed by atoms with van der Waals surface area (Å²) in [6.45, 7) is 0. The summed E-state index contributed by atoms with van der Waals surface area (Å²) in [5, 5.41) is 8.35. The van der Waals surface area contributed by atoms with E-state index in [1.54, 1.807) is 6.08 Å². The molecule has 1 aliphatic carbocycles. The molecule has 1 fully saturated rings. The predicted molar refractivity (Wildman–Crippen MR) is 49.4 cm³/mol. The molecule has 0 aliphatic heterocycles. The SMILES string of the molecule is CN(/C=C\C#N)C1CCCCC1. The number of nitrogens with zero attached hydrogens (tertiary/aromatic N) is 2. The third kappa shape index (κ3) is 2.58. The van der Waals surface area contributed by atoms with Gasteiger partial charge in [0, 0.05) is 25.4 Å². The number of hydrogen-bond donors (Lipinski definition) is 0. The fourth-order valence-corrected chi connectivity index (χ4v) is 1.76. The molecule has 66 valence electrons. The van der Waals surface area contributed by atoms with E-state index in [1.165, 1.54) is 32.1 Å². The largest absolute Gasteiger partial charge is 0.377 e. The molecule has 0 radical (unpaired) electrons. The highest BCUT2D eigenvalue weighted by Crippen LogP contribution is 2.21. The molecule has 1 rings (SSSR count). The van der Waals surface area contributed by atoms with Crippen LogP contribution in [0.2, 0.25) is 0 Å². The van der Waals surface area contributed by atoms with E-state index in [1.807, 2.05) is 12.3 Å². The summed E-state index contributed by atoms with van der Waals surface area (Å²) in [4.78, 5) is 2.17. The van der Waals surface area contributed by atoms with Crippen molar-refractivity contribution in [2.45, 2.75) is 38.1 Å². The van der Waals surface area contributed by atoms with Crippen LogP contribution in [0.25, 0.3) is 0 Å². The van der Waals surface area contributed by atoms with Gasteiger partial charge in [-0.05, 0) is 12.8 Å². The van der Waals surface area contributed by atoms with E-state index in [-0.39, 0.29) is 0 Å². The van der Waals surface area contributed by atoms with Crippen LogP contribution in [0, 0.1) is 11.3 Å². The van der Waals surface area contributed by atoms with Crippen molar-refractivity contribution in [3.05, 3.63) is 12.3 Å². The van der Waals surface area contributed by atoms with Crippen molar-refractivity contribution >= 4 is 0 Å². The van der Waals surface area contributed by atoms with Gasteiger partial charge < -0.3 is 4.90 Å². The lowest BCUT2D eigenvalue weighted by atomic mass is 9.95. The van der Waals surface area contributed by atoms with Gasteiger partial charge in [0.05, 0.1) is 6.07 Å². The topological polar surface area (TPSA) is 27.0 Å². The van der Waals surface area contributed by atoms with E-state index < -0.39 is 0 Å². The van der Waals surface area contributed by atoms with Crippen molar-refractivity contribution in [2.75, 3.05) is 7.05 Å². The van der Waals surface area contributed by atoms with Crippen molar-refractivity contribution in [3.63, 3.8) is 0 Å². The minimum absolute atomic E-state index is 0.670. The van der Waals surface area contributed by atoms with Crippen LogP contribution in [0.4, 0.5) is 0 Å². The van der Waals surface area contributed by atoms with Gasteiger partial charge >= 0.3 is 0 Å². The molecular weight excluding hydrogens is 148 g/mol. The molecule has 0 unspecified atom stereocenters. The lowest BCUT2D eigenvalue weighted by Crippen LogP contribution is -2.28. The van der Waals surface area contributed by atoms with Gasteiger partial charge in [0.25, 0.3) is 0 Å². The average molecular weight is 164 g/mol. The molecule has 0 saturated heterocycles. The van der Waals surface area contributed by atoms with Gasteiger partial charge in [0.2, 0.25) is 0 Å². The molecule has 0 heterocycles. The second-order valence-electron chi connectivity index (χ2n) is 3.40. The molecule has 0 bridgehead atoms. The predicted octanol–water partition coefficient (Wildman–Crippen LogP) is 2.29. The molecule has 0 atom stereocenters. The molecule has 12 heavy (non-hydrogen) atoms. The highest BCUT2D eigenvalue weighted by atomic mass is 15.1. The average Bonchev–Trinajstić information content (AvgIpc) is 2.15. The third-order valence-corrected chi connectivity index (χ3v) is 2.53. The van der Waals surface area contributed by atoms with Crippen LogP contribution in [0.5, 0.6) is 0 Å². The molecule has 0 aromatic carbocycles. The number of allylic oxidation sites excluding steroid dienone is 1. The summed E-state index contributed by atoms with van der Waals surface area (Å²) >= 11 is 0. The highest BCUT2D eigenvalue weighted by Gasteiger charge is 2.14. The maximum absolute atomic E-state index is 8.35. The van der Waals surface area contributed by atoms with Crippen molar-refractivity contribution in [1.82, 2.24) is 4.90 Å². The molecule has 0 N–H and O–H groups in total. The summed E-state index contributed by atoms with van der Waals surface area (Å²) in [6.07, 6.45) is 10.1. The first-order chi connectivity index (χ1) is 5.84. The maximum Gasteiger partial charge on any atom is 0.0927 e. The van der Waals surface area contributed by atoms with Gasteiger partial charge in [-0.1, -0.05) is 19.3 Å². The smallest absolute Gasteiger partial charge is 0.0927 e. The Morgan fingerprint density at radius 3 is 2.58 bits per heavy atom. The minimum Gasteiger partial charge on any atom is -0.377 e. The van der Waals surface area contributed by atoms with E-state index in [0.29, 0.717) is 6.04 Å². The van der Waals surface area contributed by atoms with E-state index in [0.717, 1.165) is 0 Å². The Morgan fingerprint density at radius 2 is 2.00 bits per heavy atom. The summed E-state index contributed by atoms with van der Waals surface area (Å²) in [5.74, 6) is 0. The molecule has 1 saturated carbocycles. The zero-order valence-corrected chi connectivity index (χ0v) is 7.66. The first-order valence-electron chi connectivity index (χ1n) is 4.63. The first kappa shape index (κ1) is 9.12. The molecule has 0 amide bonds. The molecule has 2 nitrogen and oxygen atoms in total. The van der Waals surface area contributed by atoms with Gasteiger partial charge in [0.1, 0.15) is 0 Å². The molecule has 1 aliphatic rings. The number of hydrogen-bond acceptors (Lipinski definition) is 2. The van der Waals surface area contributed by atoms with E-state index in [2.05, 4.69) is 11.9 Å². The normalized spacial score (nSPS) is 19.3. The Labute approximate surface area is 74.5 Å². The summed E-state index contributed by atoms with van der Waals surface area (Å²) in [5.41, 5.74) is 0. The highest BCUT2D eigenvalue weighted by molar-refractivity contribution is 5.01.